The van der Waals surface area contributed by atoms with Gasteiger partial charge in [0.25, 0.3) is 0 Å². The zero-order valence-electron chi connectivity index (χ0n) is 10.1. The minimum absolute atomic E-state index is 0.514. The second-order valence-corrected chi connectivity index (χ2v) is 3.60. The Bertz CT molecular complexity index is 517. The molecule has 0 atom stereocenters. The summed E-state index contributed by atoms with van der Waals surface area (Å²) in [5.74, 6) is 7.27. The van der Waals surface area contributed by atoms with E-state index < -0.39 is 0 Å². The zero-order chi connectivity index (χ0) is 12.8. The lowest BCUT2D eigenvalue weighted by molar-refractivity contribution is 0.410. The summed E-state index contributed by atoms with van der Waals surface area (Å²) in [5, 5.41) is 3.16. The molecule has 2 aromatic rings. The molecule has 1 aromatic carbocycles. The summed E-state index contributed by atoms with van der Waals surface area (Å²) in [6.45, 7) is 0.604. The summed E-state index contributed by atoms with van der Waals surface area (Å²) in [6.07, 6.45) is 3.19. The van der Waals surface area contributed by atoms with Gasteiger partial charge in [-0.3, -0.25) is 4.98 Å². The smallest absolute Gasteiger partial charge is 0.160 e. The molecule has 0 fully saturated rings. The average molecular weight is 245 g/mol. The first-order valence-corrected chi connectivity index (χ1v) is 5.48. The normalized spacial score (nSPS) is 9.89. The Hall–Kier alpha value is -2.34. The summed E-state index contributed by atoms with van der Waals surface area (Å²) in [6, 6.07) is 7.80. The highest BCUT2D eigenvalue weighted by molar-refractivity contribution is 5.42. The third-order valence-corrected chi connectivity index (χ3v) is 2.43. The molecule has 0 saturated carbocycles. The molecule has 0 radical (unpaired) electrons. The van der Waals surface area contributed by atoms with Gasteiger partial charge in [-0.15, -0.1) is 0 Å². The standard InChI is InChI=1S/C12H15N5O/c1-18-10-5-3-2-4-9(10)6-15-11-7-14-8-12(16-11)17-13/h2-5,7-8H,6,13H2,1H3,(H2,15,16,17). The number of rotatable bonds is 5. The van der Waals surface area contributed by atoms with E-state index in [0.29, 0.717) is 18.2 Å². The van der Waals surface area contributed by atoms with Crippen LogP contribution in [0.1, 0.15) is 5.56 Å². The van der Waals surface area contributed by atoms with Crippen molar-refractivity contribution < 1.29 is 4.74 Å². The summed E-state index contributed by atoms with van der Waals surface area (Å²) >= 11 is 0. The highest BCUT2D eigenvalue weighted by Gasteiger charge is 2.02. The predicted molar refractivity (Wildman–Crippen MR) is 70.2 cm³/mol. The number of methoxy groups -OCH3 is 1. The number of ether oxygens (including phenoxy) is 1. The number of para-hydroxylation sites is 1. The van der Waals surface area contributed by atoms with Crippen LogP contribution in [0.5, 0.6) is 5.75 Å². The molecule has 6 nitrogen and oxygen atoms in total. The van der Waals surface area contributed by atoms with Crippen molar-refractivity contribution in [3.05, 3.63) is 42.2 Å². The van der Waals surface area contributed by atoms with Gasteiger partial charge in [-0.05, 0) is 6.07 Å². The summed E-state index contributed by atoms with van der Waals surface area (Å²) in [4.78, 5) is 8.22. The Morgan fingerprint density at radius 3 is 2.78 bits per heavy atom. The van der Waals surface area contributed by atoms with Crippen molar-refractivity contribution in [1.29, 1.82) is 0 Å². The topological polar surface area (TPSA) is 85.1 Å². The van der Waals surface area contributed by atoms with Gasteiger partial charge in [0.05, 0.1) is 19.5 Å². The van der Waals surface area contributed by atoms with E-state index in [0.717, 1.165) is 11.3 Å². The highest BCUT2D eigenvalue weighted by atomic mass is 16.5. The first kappa shape index (κ1) is 12.1. The van der Waals surface area contributed by atoms with E-state index in [1.807, 2.05) is 24.3 Å². The van der Waals surface area contributed by atoms with Crippen molar-refractivity contribution in [1.82, 2.24) is 9.97 Å². The second-order valence-electron chi connectivity index (χ2n) is 3.60. The van der Waals surface area contributed by atoms with Gasteiger partial charge in [-0.25, -0.2) is 10.8 Å². The predicted octanol–water partition coefficient (Wildman–Crippen LogP) is 1.38. The lowest BCUT2D eigenvalue weighted by Crippen LogP contribution is -2.10. The molecule has 0 aliphatic carbocycles. The first-order chi connectivity index (χ1) is 8.83. The molecule has 0 unspecified atom stereocenters. The van der Waals surface area contributed by atoms with E-state index in [2.05, 4.69) is 20.7 Å². The Morgan fingerprint density at radius 2 is 2.00 bits per heavy atom. The number of nitrogens with two attached hydrogens (primary N) is 1. The molecule has 2 rings (SSSR count). The molecule has 1 aromatic heterocycles. The van der Waals surface area contributed by atoms with Crippen LogP contribution in [-0.4, -0.2) is 17.1 Å². The monoisotopic (exact) mass is 245 g/mol. The molecular weight excluding hydrogens is 230 g/mol. The van der Waals surface area contributed by atoms with Crippen LogP contribution in [0.4, 0.5) is 11.6 Å². The fourth-order valence-electron chi connectivity index (χ4n) is 1.56. The fraction of sp³-hybridized carbons (Fsp3) is 0.167. The zero-order valence-corrected chi connectivity index (χ0v) is 10.1. The maximum atomic E-state index is 5.27. The number of hydrazine groups is 1. The molecule has 0 spiro atoms. The van der Waals surface area contributed by atoms with E-state index in [1.165, 1.54) is 0 Å². The van der Waals surface area contributed by atoms with Crippen molar-refractivity contribution in [2.75, 3.05) is 17.9 Å². The molecule has 4 N–H and O–H groups in total. The minimum atomic E-state index is 0.514. The van der Waals surface area contributed by atoms with Crippen LogP contribution in [0.3, 0.4) is 0 Å². The number of hydrogen-bond donors (Lipinski definition) is 3. The molecule has 0 saturated heterocycles. The van der Waals surface area contributed by atoms with Crippen LogP contribution in [0.15, 0.2) is 36.7 Å². The summed E-state index contributed by atoms with van der Waals surface area (Å²) in [7, 11) is 1.65. The lowest BCUT2D eigenvalue weighted by atomic mass is 10.2. The first-order valence-electron chi connectivity index (χ1n) is 5.48. The van der Waals surface area contributed by atoms with Crippen LogP contribution >= 0.6 is 0 Å². The largest absolute Gasteiger partial charge is 0.496 e. The molecule has 94 valence electrons. The van der Waals surface area contributed by atoms with E-state index in [1.54, 1.807) is 19.5 Å². The molecule has 18 heavy (non-hydrogen) atoms. The molecule has 6 heteroatoms. The van der Waals surface area contributed by atoms with Crippen LogP contribution in [0, 0.1) is 0 Å². The summed E-state index contributed by atoms with van der Waals surface area (Å²) in [5.41, 5.74) is 3.50. The fourth-order valence-corrected chi connectivity index (χ4v) is 1.56. The van der Waals surface area contributed by atoms with Gasteiger partial charge in [-0.2, -0.15) is 0 Å². The van der Waals surface area contributed by atoms with Gasteiger partial charge in [-0.1, -0.05) is 18.2 Å². The second kappa shape index (κ2) is 5.83. The molecule has 0 bridgehead atoms. The number of aromatic nitrogens is 2. The lowest BCUT2D eigenvalue weighted by Gasteiger charge is -2.10. The van der Waals surface area contributed by atoms with E-state index in [9.17, 15) is 0 Å². The van der Waals surface area contributed by atoms with Crippen molar-refractivity contribution in [2.24, 2.45) is 5.84 Å². The number of nitrogens with one attached hydrogen (secondary N) is 2. The highest BCUT2D eigenvalue weighted by Crippen LogP contribution is 2.18. The van der Waals surface area contributed by atoms with E-state index >= 15 is 0 Å². The Kier molecular flexibility index (Phi) is 3.93. The number of nitrogen functional groups attached to an aromatic ring is 1. The number of hydrogen-bond acceptors (Lipinski definition) is 6. The van der Waals surface area contributed by atoms with Gasteiger partial charge in [0.2, 0.25) is 0 Å². The van der Waals surface area contributed by atoms with Crippen molar-refractivity contribution in [3.8, 4) is 5.75 Å². The van der Waals surface area contributed by atoms with E-state index in [-0.39, 0.29) is 0 Å². The van der Waals surface area contributed by atoms with Gasteiger partial charge in [0.15, 0.2) is 5.82 Å². The van der Waals surface area contributed by atoms with Crippen molar-refractivity contribution in [2.45, 2.75) is 6.54 Å². The van der Waals surface area contributed by atoms with Crippen LogP contribution < -0.4 is 21.3 Å². The molecule has 0 aliphatic heterocycles. The van der Waals surface area contributed by atoms with Gasteiger partial charge >= 0.3 is 0 Å². The molecule has 1 heterocycles. The maximum Gasteiger partial charge on any atom is 0.160 e. The van der Waals surface area contributed by atoms with E-state index in [4.69, 9.17) is 10.6 Å². The molecule has 0 aliphatic rings. The third kappa shape index (κ3) is 2.86. The minimum Gasteiger partial charge on any atom is -0.496 e. The summed E-state index contributed by atoms with van der Waals surface area (Å²) < 4.78 is 5.27. The molecular formula is C12H15N5O. The van der Waals surface area contributed by atoms with Crippen LogP contribution in [0.25, 0.3) is 0 Å². The maximum absolute atomic E-state index is 5.27. The Balaban J connectivity index is 2.06. The quantitative estimate of drug-likeness (QED) is 0.545. The van der Waals surface area contributed by atoms with Gasteiger partial charge in [0.1, 0.15) is 11.6 Å². The average Bonchev–Trinajstić information content (AvgIpc) is 2.45. The van der Waals surface area contributed by atoms with Gasteiger partial charge in [0, 0.05) is 12.1 Å². The number of anilines is 2. The van der Waals surface area contributed by atoms with Crippen molar-refractivity contribution >= 4 is 11.6 Å². The van der Waals surface area contributed by atoms with Crippen LogP contribution in [-0.2, 0) is 6.54 Å². The molecule has 0 amide bonds. The van der Waals surface area contributed by atoms with Gasteiger partial charge < -0.3 is 15.5 Å². The Morgan fingerprint density at radius 1 is 1.22 bits per heavy atom. The SMILES string of the molecule is COc1ccccc1CNc1cncc(NN)n1. The van der Waals surface area contributed by atoms with Crippen LogP contribution in [0.2, 0.25) is 0 Å². The number of benzene rings is 1. The Labute approximate surface area is 105 Å². The number of nitrogens with zero attached hydrogens (tertiary/aromatic N) is 2. The third-order valence-electron chi connectivity index (χ3n) is 2.43. The van der Waals surface area contributed by atoms with Crippen molar-refractivity contribution in [3.63, 3.8) is 0 Å².